The third-order valence-corrected chi connectivity index (χ3v) is 2.58. The van der Waals surface area contributed by atoms with Crippen LogP contribution in [0, 0.1) is 11.8 Å². The van der Waals surface area contributed by atoms with Crippen molar-refractivity contribution >= 4 is 0 Å². The van der Waals surface area contributed by atoms with Crippen LogP contribution in [0.25, 0.3) is 0 Å². The molecule has 0 atom stereocenters. The molecule has 0 aromatic rings. The molecule has 0 amide bonds. The lowest BCUT2D eigenvalue weighted by molar-refractivity contribution is 0.505. The Morgan fingerprint density at radius 1 is 1.20 bits per heavy atom. The van der Waals surface area contributed by atoms with E-state index in [1.54, 1.807) is 0 Å². The Morgan fingerprint density at radius 2 is 1.90 bits per heavy atom. The van der Waals surface area contributed by atoms with Crippen LogP contribution in [0.1, 0.15) is 32.1 Å². The molecule has 1 heteroatoms. The summed E-state index contributed by atoms with van der Waals surface area (Å²) in [6, 6.07) is 0. The molecule has 2 rings (SSSR count). The van der Waals surface area contributed by atoms with Gasteiger partial charge < -0.3 is 5.32 Å². The average molecular weight is 138 g/mol. The van der Waals surface area contributed by atoms with Gasteiger partial charge in [0.25, 0.3) is 0 Å². The molecular weight excluding hydrogens is 122 g/mol. The van der Waals surface area contributed by atoms with Crippen molar-refractivity contribution in [3.05, 3.63) is 5.92 Å². The molecule has 1 saturated heterocycles. The predicted octanol–water partition coefficient (Wildman–Crippen LogP) is 1.74. The van der Waals surface area contributed by atoms with Crippen LogP contribution in [0.4, 0.5) is 0 Å². The van der Waals surface area contributed by atoms with E-state index < -0.39 is 0 Å². The summed E-state index contributed by atoms with van der Waals surface area (Å²) >= 11 is 0. The largest absolute Gasteiger partial charge is 0.317 e. The molecule has 1 heterocycles. The zero-order valence-corrected chi connectivity index (χ0v) is 6.53. The maximum absolute atomic E-state index is 3.39. The molecule has 0 bridgehead atoms. The van der Waals surface area contributed by atoms with Crippen molar-refractivity contribution in [2.24, 2.45) is 5.92 Å². The first-order valence-corrected chi connectivity index (χ1v) is 4.49. The summed E-state index contributed by atoms with van der Waals surface area (Å²) < 4.78 is 0. The van der Waals surface area contributed by atoms with Crippen LogP contribution in [0.2, 0.25) is 0 Å². The molecule has 1 N–H and O–H groups in total. The van der Waals surface area contributed by atoms with Crippen molar-refractivity contribution in [2.45, 2.75) is 32.1 Å². The molecule has 0 spiro atoms. The standard InChI is InChI=1S/C9H16N/c1-2-8(1)7-9-3-5-10-6-4-9/h8,10H,1-7H2. The molecule has 2 aliphatic rings. The minimum atomic E-state index is 1.10. The summed E-state index contributed by atoms with van der Waals surface area (Å²) in [5, 5.41) is 3.39. The number of hydrogen-bond acceptors (Lipinski definition) is 1. The van der Waals surface area contributed by atoms with Gasteiger partial charge in [0.15, 0.2) is 0 Å². The van der Waals surface area contributed by atoms with Crippen molar-refractivity contribution in [1.29, 1.82) is 0 Å². The van der Waals surface area contributed by atoms with E-state index in [0.717, 1.165) is 5.92 Å². The molecular formula is C9H16N. The minimum absolute atomic E-state index is 1.10. The second-order valence-electron chi connectivity index (χ2n) is 3.65. The molecule has 1 aliphatic heterocycles. The summed E-state index contributed by atoms with van der Waals surface area (Å²) in [7, 11) is 0. The maximum atomic E-state index is 3.39. The van der Waals surface area contributed by atoms with Crippen molar-refractivity contribution in [1.82, 2.24) is 5.32 Å². The first-order valence-electron chi connectivity index (χ1n) is 4.49. The fourth-order valence-electron chi connectivity index (χ4n) is 1.71. The van der Waals surface area contributed by atoms with Gasteiger partial charge in [0.05, 0.1) is 0 Å². The van der Waals surface area contributed by atoms with E-state index in [0.29, 0.717) is 0 Å². The smallest absolute Gasteiger partial charge is 0.00434 e. The highest BCUT2D eigenvalue weighted by molar-refractivity contribution is 4.98. The lowest BCUT2D eigenvalue weighted by Crippen LogP contribution is -2.26. The van der Waals surface area contributed by atoms with E-state index in [-0.39, 0.29) is 0 Å². The van der Waals surface area contributed by atoms with E-state index in [1.807, 2.05) is 5.92 Å². The Bertz CT molecular complexity index is 101. The van der Waals surface area contributed by atoms with Crippen LogP contribution in [-0.4, -0.2) is 13.1 Å². The number of piperidine rings is 1. The molecule has 1 saturated carbocycles. The maximum Gasteiger partial charge on any atom is -0.00434 e. The SMILES string of the molecule is C1C[C](CC2CC2)CCN1. The predicted molar refractivity (Wildman–Crippen MR) is 42.7 cm³/mol. The van der Waals surface area contributed by atoms with E-state index in [9.17, 15) is 0 Å². The Morgan fingerprint density at radius 3 is 2.50 bits per heavy atom. The van der Waals surface area contributed by atoms with Gasteiger partial charge in [-0.3, -0.25) is 0 Å². The number of rotatable bonds is 2. The highest BCUT2D eigenvalue weighted by Crippen LogP contribution is 2.38. The summed E-state index contributed by atoms with van der Waals surface area (Å²) in [5.41, 5.74) is 0. The second-order valence-corrected chi connectivity index (χ2v) is 3.65. The van der Waals surface area contributed by atoms with Crippen LogP contribution in [0.5, 0.6) is 0 Å². The van der Waals surface area contributed by atoms with Gasteiger partial charge in [0.1, 0.15) is 0 Å². The third kappa shape index (κ3) is 1.72. The highest BCUT2D eigenvalue weighted by Gasteiger charge is 2.26. The number of nitrogens with one attached hydrogen (secondary N) is 1. The van der Waals surface area contributed by atoms with Gasteiger partial charge in [-0.25, -0.2) is 0 Å². The van der Waals surface area contributed by atoms with Crippen LogP contribution >= 0.6 is 0 Å². The third-order valence-electron chi connectivity index (χ3n) is 2.58. The normalized spacial score (nSPS) is 28.8. The second kappa shape index (κ2) is 2.91. The molecule has 0 aromatic carbocycles. The van der Waals surface area contributed by atoms with Crippen LogP contribution in [0.3, 0.4) is 0 Å². The highest BCUT2D eigenvalue weighted by atomic mass is 14.9. The quantitative estimate of drug-likeness (QED) is 0.613. The summed E-state index contributed by atoms with van der Waals surface area (Å²) in [4.78, 5) is 0. The first kappa shape index (κ1) is 6.66. The van der Waals surface area contributed by atoms with E-state index in [4.69, 9.17) is 0 Å². The average Bonchev–Trinajstić information content (AvgIpc) is 2.74. The fraction of sp³-hybridized carbons (Fsp3) is 0.889. The van der Waals surface area contributed by atoms with Gasteiger partial charge in [-0.15, -0.1) is 0 Å². The van der Waals surface area contributed by atoms with Gasteiger partial charge >= 0.3 is 0 Å². The van der Waals surface area contributed by atoms with Gasteiger partial charge in [-0.05, 0) is 44.2 Å². The Kier molecular flexibility index (Phi) is 1.94. The lowest BCUT2D eigenvalue weighted by atomic mass is 9.93. The monoisotopic (exact) mass is 138 g/mol. The lowest BCUT2D eigenvalue weighted by Gasteiger charge is -2.21. The van der Waals surface area contributed by atoms with Gasteiger partial charge in [-0.1, -0.05) is 12.8 Å². The molecule has 1 radical (unpaired) electrons. The van der Waals surface area contributed by atoms with Crippen LogP contribution < -0.4 is 5.32 Å². The topological polar surface area (TPSA) is 12.0 Å². The van der Waals surface area contributed by atoms with Gasteiger partial charge in [0.2, 0.25) is 0 Å². The molecule has 1 nitrogen and oxygen atoms in total. The molecule has 0 unspecified atom stereocenters. The van der Waals surface area contributed by atoms with Crippen LogP contribution in [0.15, 0.2) is 0 Å². The Labute approximate surface area is 63.2 Å². The summed E-state index contributed by atoms with van der Waals surface area (Å²) in [5.74, 6) is 2.94. The van der Waals surface area contributed by atoms with Gasteiger partial charge in [0, 0.05) is 0 Å². The zero-order valence-electron chi connectivity index (χ0n) is 6.53. The zero-order chi connectivity index (χ0) is 6.81. The van der Waals surface area contributed by atoms with Crippen LogP contribution in [-0.2, 0) is 0 Å². The van der Waals surface area contributed by atoms with Crippen molar-refractivity contribution in [2.75, 3.05) is 13.1 Å². The number of hydrogen-bond donors (Lipinski definition) is 1. The fourth-order valence-corrected chi connectivity index (χ4v) is 1.71. The molecule has 10 heavy (non-hydrogen) atoms. The molecule has 57 valence electrons. The van der Waals surface area contributed by atoms with Crippen molar-refractivity contribution in [3.63, 3.8) is 0 Å². The molecule has 0 aromatic heterocycles. The molecule has 2 fully saturated rings. The Hall–Kier alpha value is -0.0400. The Balaban J connectivity index is 1.69. The van der Waals surface area contributed by atoms with E-state index >= 15 is 0 Å². The summed E-state index contributed by atoms with van der Waals surface area (Å²) in [6.45, 7) is 2.48. The minimum Gasteiger partial charge on any atom is -0.317 e. The van der Waals surface area contributed by atoms with E-state index in [1.165, 1.54) is 45.2 Å². The molecule has 1 aliphatic carbocycles. The van der Waals surface area contributed by atoms with Gasteiger partial charge in [-0.2, -0.15) is 0 Å². The van der Waals surface area contributed by atoms with Crippen molar-refractivity contribution in [3.8, 4) is 0 Å². The summed E-state index contributed by atoms with van der Waals surface area (Å²) in [6.07, 6.45) is 7.20. The first-order chi connectivity index (χ1) is 4.95. The van der Waals surface area contributed by atoms with E-state index in [2.05, 4.69) is 5.32 Å². The van der Waals surface area contributed by atoms with Crippen molar-refractivity contribution < 1.29 is 0 Å².